The summed E-state index contributed by atoms with van der Waals surface area (Å²) >= 11 is 0. The number of aromatic nitrogens is 2. The van der Waals surface area contributed by atoms with E-state index in [9.17, 15) is 13.2 Å². The first-order valence-electron chi connectivity index (χ1n) is 9.89. The number of sulfone groups is 1. The summed E-state index contributed by atoms with van der Waals surface area (Å²) in [5.41, 5.74) is 3.54. The highest BCUT2D eigenvalue weighted by Crippen LogP contribution is 2.36. The van der Waals surface area contributed by atoms with Crippen LogP contribution in [-0.2, 0) is 26.1 Å². The molecule has 9 heteroatoms. The maximum atomic E-state index is 11.8. The molecule has 0 saturated heterocycles. The van der Waals surface area contributed by atoms with Crippen LogP contribution in [0.3, 0.4) is 0 Å². The number of H-pyrrole nitrogens is 1. The van der Waals surface area contributed by atoms with Crippen LogP contribution in [0.15, 0.2) is 24.3 Å². The third-order valence-electron chi connectivity index (χ3n) is 5.33. The summed E-state index contributed by atoms with van der Waals surface area (Å²) in [4.78, 5) is 11.8. The molecule has 2 aromatic rings. The van der Waals surface area contributed by atoms with Gasteiger partial charge < -0.3 is 15.4 Å². The molecule has 2 atom stereocenters. The van der Waals surface area contributed by atoms with Crippen LogP contribution in [0, 0.1) is 0 Å². The van der Waals surface area contributed by atoms with Gasteiger partial charge in [0.25, 0.3) is 0 Å². The van der Waals surface area contributed by atoms with Crippen LogP contribution in [-0.4, -0.2) is 36.9 Å². The molecule has 0 bridgehead atoms. The van der Waals surface area contributed by atoms with Gasteiger partial charge in [-0.3, -0.25) is 5.10 Å². The predicted octanol–water partition coefficient (Wildman–Crippen LogP) is 3.35. The second-order valence-corrected chi connectivity index (χ2v) is 10.3. The number of carbonyl (C=O) groups excluding carboxylic acids is 1. The van der Waals surface area contributed by atoms with Crippen LogP contribution in [0.5, 0.6) is 0 Å². The van der Waals surface area contributed by atoms with Gasteiger partial charge in [0, 0.05) is 29.4 Å². The first-order valence-corrected chi connectivity index (χ1v) is 11.7. The van der Waals surface area contributed by atoms with Crippen molar-refractivity contribution in [3.05, 3.63) is 41.1 Å². The van der Waals surface area contributed by atoms with Crippen LogP contribution < -0.4 is 10.6 Å². The number of ether oxygens (including phenoxy) is 1. The smallest absolute Gasteiger partial charge is 0.407 e. The van der Waals surface area contributed by atoms with E-state index in [1.165, 1.54) is 0 Å². The average Bonchev–Trinajstić information content (AvgIpc) is 3.31. The number of benzene rings is 1. The molecule has 1 aromatic carbocycles. The molecule has 1 aliphatic carbocycles. The molecule has 8 nitrogen and oxygen atoms in total. The van der Waals surface area contributed by atoms with E-state index < -0.39 is 9.84 Å². The number of hydrogen-bond acceptors (Lipinski definition) is 6. The monoisotopic (exact) mass is 418 g/mol. The molecular formula is C20H26N4O4S. The van der Waals surface area contributed by atoms with Gasteiger partial charge in [-0.1, -0.05) is 6.07 Å². The van der Waals surface area contributed by atoms with Crippen molar-refractivity contribution in [3.63, 3.8) is 0 Å². The topological polar surface area (TPSA) is 113 Å². The summed E-state index contributed by atoms with van der Waals surface area (Å²) in [5, 5.41) is 13.4. The Morgan fingerprint density at radius 3 is 2.79 bits per heavy atom. The van der Waals surface area contributed by atoms with E-state index in [2.05, 4.69) is 20.8 Å². The normalized spacial score (nSPS) is 22.4. The third kappa shape index (κ3) is 4.72. The molecule has 2 aliphatic rings. The predicted molar refractivity (Wildman–Crippen MR) is 110 cm³/mol. The number of nitrogens with zero attached hydrogens (tertiary/aromatic N) is 1. The highest BCUT2D eigenvalue weighted by molar-refractivity contribution is 7.90. The molecule has 1 fully saturated rings. The molecule has 0 spiro atoms. The van der Waals surface area contributed by atoms with E-state index in [4.69, 9.17) is 4.74 Å². The Kier molecular flexibility index (Phi) is 5.24. The minimum absolute atomic E-state index is 0.0558. The lowest BCUT2D eigenvalue weighted by molar-refractivity contribution is 0.0981. The largest absolute Gasteiger partial charge is 0.446 e. The number of carbonyl (C=O) groups is 1. The van der Waals surface area contributed by atoms with E-state index in [1.807, 2.05) is 38.1 Å². The Balaban J connectivity index is 1.36. The average molecular weight is 419 g/mol. The summed E-state index contributed by atoms with van der Waals surface area (Å²) < 4.78 is 29.0. The van der Waals surface area contributed by atoms with E-state index >= 15 is 0 Å². The molecule has 4 rings (SSSR count). The molecule has 1 aliphatic heterocycles. The fourth-order valence-electron chi connectivity index (χ4n) is 4.01. The van der Waals surface area contributed by atoms with Gasteiger partial charge >= 0.3 is 6.09 Å². The van der Waals surface area contributed by atoms with Gasteiger partial charge in [0.1, 0.15) is 6.10 Å². The van der Waals surface area contributed by atoms with Crippen LogP contribution in [0.1, 0.15) is 55.8 Å². The fourth-order valence-corrected chi connectivity index (χ4v) is 5.61. The Hall–Kier alpha value is -2.55. The van der Waals surface area contributed by atoms with E-state index in [-0.39, 0.29) is 35.7 Å². The van der Waals surface area contributed by atoms with Crippen molar-refractivity contribution in [1.29, 1.82) is 0 Å². The van der Waals surface area contributed by atoms with Crippen molar-refractivity contribution < 1.29 is 17.9 Å². The van der Waals surface area contributed by atoms with Crippen molar-refractivity contribution in [2.24, 2.45) is 0 Å². The van der Waals surface area contributed by atoms with E-state index in [0.29, 0.717) is 5.82 Å². The van der Waals surface area contributed by atoms with Crippen LogP contribution in [0.25, 0.3) is 0 Å². The number of alkyl carbamates (subject to hydrolysis) is 1. The number of hydrogen-bond donors (Lipinski definition) is 3. The molecule has 0 unspecified atom stereocenters. The maximum absolute atomic E-state index is 11.8. The van der Waals surface area contributed by atoms with Gasteiger partial charge in [-0.15, -0.1) is 0 Å². The maximum Gasteiger partial charge on any atom is 0.407 e. The van der Waals surface area contributed by atoms with E-state index in [0.717, 1.165) is 41.8 Å². The summed E-state index contributed by atoms with van der Waals surface area (Å²) in [7, 11) is -3.01. The molecule has 1 amide bonds. The number of nitrogens with one attached hydrogen (secondary N) is 3. The molecule has 3 N–H and O–H groups in total. The summed E-state index contributed by atoms with van der Waals surface area (Å²) in [6.45, 7) is 3.80. The van der Waals surface area contributed by atoms with Crippen molar-refractivity contribution >= 4 is 27.4 Å². The molecule has 29 heavy (non-hydrogen) atoms. The van der Waals surface area contributed by atoms with Crippen molar-refractivity contribution in [2.45, 2.75) is 62.7 Å². The standard InChI is InChI=1S/C20H26N4O4S/c1-12(2)21-20(25)28-17-6-4-13(8-17)18-9-19(24-23-18)22-16-5-3-14-10-29(26,27)11-15(14)7-16/h3,5,7,9,12-13,17H,4,6,8,10-11H2,1-2H3,(H,21,25)(H2,22,23,24)/t13-,17+/m0/s1. The van der Waals surface area contributed by atoms with Crippen molar-refractivity contribution in [2.75, 3.05) is 5.32 Å². The lowest BCUT2D eigenvalue weighted by Crippen LogP contribution is -2.33. The first kappa shape index (κ1) is 19.8. The molecule has 1 saturated carbocycles. The SMILES string of the molecule is CC(C)NC(=O)O[C@@H]1CC[C@H](c2cc(Nc3ccc4c(c3)CS(=O)(=O)C4)n[nH]2)C1. The quantitative estimate of drug-likeness (QED) is 0.686. The molecule has 0 radical (unpaired) electrons. The minimum atomic E-state index is -3.01. The Morgan fingerprint density at radius 1 is 1.21 bits per heavy atom. The molecular weight excluding hydrogens is 392 g/mol. The lowest BCUT2D eigenvalue weighted by Gasteiger charge is -2.14. The fraction of sp³-hybridized carbons (Fsp3) is 0.500. The zero-order valence-corrected chi connectivity index (χ0v) is 17.4. The lowest BCUT2D eigenvalue weighted by atomic mass is 10.0. The second-order valence-electron chi connectivity index (χ2n) is 8.19. The van der Waals surface area contributed by atoms with E-state index in [1.54, 1.807) is 0 Å². The van der Waals surface area contributed by atoms with Crippen molar-refractivity contribution in [3.8, 4) is 0 Å². The Bertz CT molecular complexity index is 1020. The van der Waals surface area contributed by atoms with Gasteiger partial charge in [-0.25, -0.2) is 13.2 Å². The number of rotatable bonds is 5. The molecule has 2 heterocycles. The first-order chi connectivity index (χ1) is 13.8. The highest BCUT2D eigenvalue weighted by atomic mass is 32.2. The Morgan fingerprint density at radius 2 is 2.00 bits per heavy atom. The van der Waals surface area contributed by atoms with Crippen LogP contribution in [0.4, 0.5) is 16.3 Å². The second kappa shape index (κ2) is 7.70. The highest BCUT2D eigenvalue weighted by Gasteiger charge is 2.30. The summed E-state index contributed by atoms with van der Waals surface area (Å²) in [6, 6.07) is 7.63. The van der Waals surface area contributed by atoms with Crippen LogP contribution in [0.2, 0.25) is 0 Å². The van der Waals surface area contributed by atoms with Gasteiger partial charge in [0.2, 0.25) is 0 Å². The molecule has 156 valence electrons. The Labute approximate surface area is 170 Å². The van der Waals surface area contributed by atoms with Gasteiger partial charge in [-0.05, 0) is 56.4 Å². The number of amides is 1. The van der Waals surface area contributed by atoms with Gasteiger partial charge in [-0.2, -0.15) is 5.10 Å². The molecule has 1 aromatic heterocycles. The number of aromatic amines is 1. The summed E-state index contributed by atoms with van der Waals surface area (Å²) in [5.74, 6) is 1.16. The number of fused-ring (bicyclic) bond motifs is 1. The minimum Gasteiger partial charge on any atom is -0.446 e. The van der Waals surface area contributed by atoms with Gasteiger partial charge in [0.05, 0.1) is 11.5 Å². The van der Waals surface area contributed by atoms with Gasteiger partial charge in [0.15, 0.2) is 15.7 Å². The van der Waals surface area contributed by atoms with Crippen molar-refractivity contribution in [1.82, 2.24) is 15.5 Å². The number of anilines is 2. The van der Waals surface area contributed by atoms with Crippen LogP contribution >= 0.6 is 0 Å². The summed E-state index contributed by atoms with van der Waals surface area (Å²) in [6.07, 6.45) is 2.08. The third-order valence-corrected chi connectivity index (χ3v) is 6.83. The zero-order chi connectivity index (χ0) is 20.6. The zero-order valence-electron chi connectivity index (χ0n) is 16.6.